The van der Waals surface area contributed by atoms with Crippen LogP contribution in [0.1, 0.15) is 32.1 Å². The Morgan fingerprint density at radius 2 is 1.69 bits per heavy atom. The van der Waals surface area contributed by atoms with Crippen LogP contribution in [0.4, 0.5) is 0 Å². The molecule has 3 heteroatoms. The molecule has 1 aliphatic heterocycles. The van der Waals surface area contributed by atoms with E-state index in [-0.39, 0.29) is 0 Å². The average molecular weight is 225 g/mol. The van der Waals surface area contributed by atoms with Crippen molar-refractivity contribution in [3.63, 3.8) is 0 Å². The van der Waals surface area contributed by atoms with Gasteiger partial charge in [-0.25, -0.2) is 0 Å². The second-order valence-corrected chi connectivity index (χ2v) is 5.67. The van der Waals surface area contributed by atoms with Gasteiger partial charge in [0.15, 0.2) is 0 Å². The molecule has 0 spiro atoms. The lowest BCUT2D eigenvalue weighted by molar-refractivity contribution is 0.132. The molecule has 0 aromatic carbocycles. The SMILES string of the molecule is CN1CCN(CC(N)C2CCCCC2)CC1. The number of likely N-dealkylation sites (N-methyl/N-ethyl adjacent to an activating group) is 1. The van der Waals surface area contributed by atoms with Gasteiger partial charge in [0.1, 0.15) is 0 Å². The molecule has 3 nitrogen and oxygen atoms in total. The van der Waals surface area contributed by atoms with E-state index in [9.17, 15) is 0 Å². The fourth-order valence-corrected chi connectivity index (χ4v) is 3.04. The summed E-state index contributed by atoms with van der Waals surface area (Å²) in [5.41, 5.74) is 6.36. The van der Waals surface area contributed by atoms with Crippen molar-refractivity contribution in [2.24, 2.45) is 11.7 Å². The van der Waals surface area contributed by atoms with Gasteiger partial charge in [-0.05, 0) is 25.8 Å². The van der Waals surface area contributed by atoms with Crippen molar-refractivity contribution in [2.75, 3.05) is 39.8 Å². The molecule has 1 saturated carbocycles. The Morgan fingerprint density at radius 1 is 1.06 bits per heavy atom. The first-order valence-electron chi connectivity index (χ1n) is 6.92. The van der Waals surface area contributed by atoms with Crippen LogP contribution in [-0.2, 0) is 0 Å². The van der Waals surface area contributed by atoms with Crippen LogP contribution in [0.5, 0.6) is 0 Å². The minimum Gasteiger partial charge on any atom is -0.326 e. The van der Waals surface area contributed by atoms with Crippen LogP contribution >= 0.6 is 0 Å². The zero-order valence-electron chi connectivity index (χ0n) is 10.7. The van der Waals surface area contributed by atoms with Crippen molar-refractivity contribution in [1.29, 1.82) is 0 Å². The molecule has 2 aliphatic rings. The summed E-state index contributed by atoms with van der Waals surface area (Å²) in [5.74, 6) is 0.799. The maximum atomic E-state index is 6.36. The first-order chi connectivity index (χ1) is 7.75. The number of nitrogens with zero attached hydrogens (tertiary/aromatic N) is 2. The Bertz CT molecular complexity index is 193. The molecule has 94 valence electrons. The van der Waals surface area contributed by atoms with Crippen molar-refractivity contribution in [3.05, 3.63) is 0 Å². The van der Waals surface area contributed by atoms with Gasteiger partial charge < -0.3 is 10.6 Å². The minimum absolute atomic E-state index is 0.420. The van der Waals surface area contributed by atoms with Crippen LogP contribution in [0.25, 0.3) is 0 Å². The maximum Gasteiger partial charge on any atom is 0.0196 e. The Labute approximate surface area is 100.0 Å². The highest BCUT2D eigenvalue weighted by Gasteiger charge is 2.23. The summed E-state index contributed by atoms with van der Waals surface area (Å²) < 4.78 is 0. The average Bonchev–Trinajstić information content (AvgIpc) is 2.33. The van der Waals surface area contributed by atoms with Crippen molar-refractivity contribution in [1.82, 2.24) is 9.80 Å². The molecule has 0 aromatic rings. The molecular weight excluding hydrogens is 198 g/mol. The largest absolute Gasteiger partial charge is 0.326 e. The van der Waals surface area contributed by atoms with E-state index < -0.39 is 0 Å². The van der Waals surface area contributed by atoms with Crippen LogP contribution < -0.4 is 5.73 Å². The highest BCUT2D eigenvalue weighted by molar-refractivity contribution is 4.81. The number of piperazine rings is 1. The summed E-state index contributed by atoms with van der Waals surface area (Å²) in [7, 11) is 2.21. The predicted molar refractivity (Wildman–Crippen MR) is 68.5 cm³/mol. The fourth-order valence-electron chi connectivity index (χ4n) is 3.04. The zero-order valence-corrected chi connectivity index (χ0v) is 10.7. The monoisotopic (exact) mass is 225 g/mol. The van der Waals surface area contributed by atoms with Gasteiger partial charge in [0.2, 0.25) is 0 Å². The third-order valence-electron chi connectivity index (χ3n) is 4.32. The second-order valence-electron chi connectivity index (χ2n) is 5.67. The third kappa shape index (κ3) is 3.44. The van der Waals surface area contributed by atoms with Crippen molar-refractivity contribution in [3.8, 4) is 0 Å². The summed E-state index contributed by atoms with van der Waals surface area (Å²) in [6.07, 6.45) is 6.98. The van der Waals surface area contributed by atoms with Crippen LogP contribution in [0.3, 0.4) is 0 Å². The lowest BCUT2D eigenvalue weighted by Gasteiger charge is -2.36. The van der Waals surface area contributed by atoms with Gasteiger partial charge in [-0.15, -0.1) is 0 Å². The summed E-state index contributed by atoms with van der Waals surface area (Å²) >= 11 is 0. The molecular formula is C13H27N3. The Morgan fingerprint density at radius 3 is 2.31 bits per heavy atom. The van der Waals surface area contributed by atoms with Crippen molar-refractivity contribution in [2.45, 2.75) is 38.1 Å². The number of hydrogen-bond donors (Lipinski definition) is 1. The minimum atomic E-state index is 0.420. The number of rotatable bonds is 3. The summed E-state index contributed by atoms with van der Waals surface area (Å²) in [6, 6.07) is 0.420. The van der Waals surface area contributed by atoms with Crippen LogP contribution in [0.2, 0.25) is 0 Å². The third-order valence-corrected chi connectivity index (χ3v) is 4.32. The molecule has 2 N–H and O–H groups in total. The normalized spacial score (nSPS) is 28.1. The maximum absolute atomic E-state index is 6.36. The van der Waals surface area contributed by atoms with Gasteiger partial charge >= 0.3 is 0 Å². The molecule has 1 aliphatic carbocycles. The molecule has 0 bridgehead atoms. The first kappa shape index (κ1) is 12.3. The van der Waals surface area contributed by atoms with E-state index in [4.69, 9.17) is 5.73 Å². The second kappa shape index (κ2) is 5.99. The van der Waals surface area contributed by atoms with Gasteiger partial charge in [-0.1, -0.05) is 19.3 Å². The molecule has 1 atom stereocenters. The van der Waals surface area contributed by atoms with Crippen LogP contribution in [0.15, 0.2) is 0 Å². The van der Waals surface area contributed by atoms with E-state index in [2.05, 4.69) is 16.8 Å². The summed E-state index contributed by atoms with van der Waals surface area (Å²) in [4.78, 5) is 4.96. The van der Waals surface area contributed by atoms with Gasteiger partial charge in [-0.2, -0.15) is 0 Å². The van der Waals surface area contributed by atoms with Gasteiger partial charge in [-0.3, -0.25) is 4.90 Å². The molecule has 1 unspecified atom stereocenters. The number of hydrogen-bond acceptors (Lipinski definition) is 3. The van der Waals surface area contributed by atoms with Gasteiger partial charge in [0.05, 0.1) is 0 Å². The lowest BCUT2D eigenvalue weighted by atomic mass is 9.84. The molecule has 16 heavy (non-hydrogen) atoms. The summed E-state index contributed by atoms with van der Waals surface area (Å²) in [5, 5.41) is 0. The van der Waals surface area contributed by atoms with E-state index in [0.29, 0.717) is 6.04 Å². The molecule has 0 amide bonds. The molecule has 2 fully saturated rings. The Hall–Kier alpha value is -0.120. The highest BCUT2D eigenvalue weighted by Crippen LogP contribution is 2.26. The van der Waals surface area contributed by atoms with Crippen molar-refractivity contribution < 1.29 is 0 Å². The molecule has 1 saturated heterocycles. The van der Waals surface area contributed by atoms with E-state index >= 15 is 0 Å². The first-order valence-corrected chi connectivity index (χ1v) is 6.92. The van der Waals surface area contributed by atoms with E-state index in [1.165, 1.54) is 58.3 Å². The van der Waals surface area contributed by atoms with Gasteiger partial charge in [0.25, 0.3) is 0 Å². The zero-order chi connectivity index (χ0) is 11.4. The number of nitrogens with two attached hydrogens (primary N) is 1. The molecule has 0 aromatic heterocycles. The highest BCUT2D eigenvalue weighted by atomic mass is 15.2. The Balaban J connectivity index is 1.71. The van der Waals surface area contributed by atoms with E-state index in [1.807, 2.05) is 0 Å². The topological polar surface area (TPSA) is 32.5 Å². The molecule has 1 heterocycles. The quantitative estimate of drug-likeness (QED) is 0.782. The smallest absolute Gasteiger partial charge is 0.0196 e. The molecule has 0 radical (unpaired) electrons. The van der Waals surface area contributed by atoms with E-state index in [0.717, 1.165) is 12.5 Å². The fraction of sp³-hybridized carbons (Fsp3) is 1.00. The standard InChI is InChI=1S/C13H27N3/c1-15-7-9-16(10-8-15)11-13(14)12-5-3-2-4-6-12/h12-13H,2-11,14H2,1H3. The summed E-state index contributed by atoms with van der Waals surface area (Å²) in [6.45, 7) is 5.95. The van der Waals surface area contributed by atoms with E-state index in [1.54, 1.807) is 0 Å². The van der Waals surface area contributed by atoms with Crippen LogP contribution in [0, 0.1) is 5.92 Å². The molecule has 2 rings (SSSR count). The predicted octanol–water partition coefficient (Wildman–Crippen LogP) is 1.14. The van der Waals surface area contributed by atoms with Crippen LogP contribution in [-0.4, -0.2) is 55.6 Å². The van der Waals surface area contributed by atoms with Crippen molar-refractivity contribution >= 4 is 0 Å². The van der Waals surface area contributed by atoms with Gasteiger partial charge in [0, 0.05) is 38.8 Å². The lowest BCUT2D eigenvalue weighted by Crippen LogP contribution is -2.50. The Kier molecular flexibility index (Phi) is 4.62.